The summed E-state index contributed by atoms with van der Waals surface area (Å²) in [7, 11) is 0. The molecule has 7 heteroatoms. The summed E-state index contributed by atoms with van der Waals surface area (Å²) in [6.07, 6.45) is 1.55. The number of hydrogen-bond acceptors (Lipinski definition) is 5. The summed E-state index contributed by atoms with van der Waals surface area (Å²) in [6.45, 7) is 0.309. The van der Waals surface area contributed by atoms with Gasteiger partial charge in [-0.05, 0) is 65.4 Å². The average Bonchev–Trinajstić information content (AvgIpc) is 3.16. The van der Waals surface area contributed by atoms with Crippen LogP contribution in [0, 0.1) is 5.82 Å². The summed E-state index contributed by atoms with van der Waals surface area (Å²) in [4.78, 5) is 16.0. The van der Waals surface area contributed by atoms with Gasteiger partial charge in [0, 0.05) is 0 Å². The van der Waals surface area contributed by atoms with Gasteiger partial charge in [-0.3, -0.25) is 0 Å². The number of hydrogen-bond donors (Lipinski definition) is 1. The molecule has 0 aliphatic rings. The van der Waals surface area contributed by atoms with Crippen molar-refractivity contribution < 1.29 is 23.4 Å². The predicted molar refractivity (Wildman–Crippen MR) is 113 cm³/mol. The van der Waals surface area contributed by atoms with Crippen LogP contribution in [0.15, 0.2) is 87.3 Å². The second-order valence-corrected chi connectivity index (χ2v) is 7.34. The van der Waals surface area contributed by atoms with Gasteiger partial charge in [0.1, 0.15) is 28.6 Å². The number of aromatic nitrogens is 1. The van der Waals surface area contributed by atoms with Crippen LogP contribution in [0.25, 0.3) is 17.2 Å². The molecule has 0 fully saturated rings. The summed E-state index contributed by atoms with van der Waals surface area (Å²) >= 11 is 0.952. The molecule has 0 radical (unpaired) electrons. The molecule has 3 aromatic carbocycles. The zero-order valence-electron chi connectivity index (χ0n) is 15.6. The Bertz CT molecular complexity index is 1170. The first-order valence-corrected chi connectivity index (χ1v) is 9.84. The van der Waals surface area contributed by atoms with Crippen molar-refractivity contribution in [2.24, 2.45) is 0 Å². The van der Waals surface area contributed by atoms with Gasteiger partial charge < -0.3 is 14.3 Å². The van der Waals surface area contributed by atoms with E-state index in [9.17, 15) is 14.3 Å². The number of fused-ring (bicyclic) bond motifs is 1. The summed E-state index contributed by atoms with van der Waals surface area (Å²) < 4.78 is 24.2. The Labute approximate surface area is 175 Å². The van der Waals surface area contributed by atoms with E-state index in [1.807, 2.05) is 12.1 Å². The molecule has 1 N–H and O–H groups in total. The van der Waals surface area contributed by atoms with E-state index in [0.29, 0.717) is 29.0 Å². The van der Waals surface area contributed by atoms with Crippen LogP contribution in [-0.4, -0.2) is 16.1 Å². The van der Waals surface area contributed by atoms with E-state index in [-0.39, 0.29) is 15.9 Å². The Morgan fingerprint density at radius 3 is 2.50 bits per heavy atom. The van der Waals surface area contributed by atoms with E-state index in [2.05, 4.69) is 4.98 Å². The van der Waals surface area contributed by atoms with Crippen molar-refractivity contribution in [3.63, 3.8) is 0 Å². The molecule has 1 aromatic heterocycles. The Morgan fingerprint density at radius 1 is 1.07 bits per heavy atom. The zero-order valence-corrected chi connectivity index (χ0v) is 16.4. The van der Waals surface area contributed by atoms with Gasteiger partial charge in [-0.1, -0.05) is 36.4 Å². The van der Waals surface area contributed by atoms with E-state index in [1.165, 1.54) is 12.1 Å². The van der Waals surface area contributed by atoms with Crippen LogP contribution in [0.1, 0.15) is 11.1 Å². The lowest BCUT2D eigenvalue weighted by Crippen LogP contribution is -1.97. The number of halogens is 1. The SMILES string of the molecule is O=C(O)/C(=C/c1ccc(OCc2ccc(F)cc2)cc1)Sc1nc2ccccc2o1. The molecule has 4 rings (SSSR count). The number of thioether (sulfide) groups is 1. The number of aliphatic carboxylic acids is 1. The minimum absolute atomic E-state index is 0.0848. The number of ether oxygens (including phenoxy) is 1. The number of carboxylic acids is 1. The summed E-state index contributed by atoms with van der Waals surface area (Å²) in [5, 5.41) is 9.81. The van der Waals surface area contributed by atoms with Gasteiger partial charge in [0.05, 0.1) is 0 Å². The van der Waals surface area contributed by atoms with Crippen LogP contribution in [-0.2, 0) is 11.4 Å². The van der Waals surface area contributed by atoms with Crippen molar-refractivity contribution in [2.75, 3.05) is 0 Å². The first-order valence-electron chi connectivity index (χ1n) is 9.02. The molecule has 4 aromatic rings. The first kappa shape index (κ1) is 19.7. The van der Waals surface area contributed by atoms with Crippen LogP contribution in [0.4, 0.5) is 4.39 Å². The molecule has 0 bridgehead atoms. The molecule has 0 saturated heterocycles. The van der Waals surface area contributed by atoms with Crippen LogP contribution in [0.3, 0.4) is 0 Å². The molecule has 5 nitrogen and oxygen atoms in total. The van der Waals surface area contributed by atoms with E-state index in [0.717, 1.165) is 17.3 Å². The lowest BCUT2D eigenvalue weighted by molar-refractivity contribution is -0.131. The Morgan fingerprint density at radius 2 is 1.80 bits per heavy atom. The highest BCUT2D eigenvalue weighted by molar-refractivity contribution is 8.03. The molecule has 0 unspecified atom stereocenters. The largest absolute Gasteiger partial charge is 0.489 e. The minimum Gasteiger partial charge on any atom is -0.489 e. The Kier molecular flexibility index (Phi) is 5.81. The van der Waals surface area contributed by atoms with Crippen molar-refractivity contribution in [3.05, 3.63) is 94.6 Å². The number of rotatable bonds is 7. The number of para-hydroxylation sites is 2. The molecule has 0 atom stereocenters. The third kappa shape index (κ3) is 4.87. The van der Waals surface area contributed by atoms with E-state index < -0.39 is 5.97 Å². The number of carbonyl (C=O) groups is 1. The number of nitrogens with zero attached hydrogens (tertiary/aromatic N) is 1. The third-order valence-electron chi connectivity index (χ3n) is 4.18. The molecule has 30 heavy (non-hydrogen) atoms. The zero-order chi connectivity index (χ0) is 20.9. The van der Waals surface area contributed by atoms with Crippen LogP contribution in [0.5, 0.6) is 5.75 Å². The van der Waals surface area contributed by atoms with E-state index >= 15 is 0 Å². The smallest absolute Gasteiger partial charge is 0.342 e. The maximum Gasteiger partial charge on any atom is 0.342 e. The van der Waals surface area contributed by atoms with Gasteiger partial charge in [-0.15, -0.1) is 0 Å². The molecular formula is C23H16FNO4S. The highest BCUT2D eigenvalue weighted by atomic mass is 32.2. The van der Waals surface area contributed by atoms with Gasteiger partial charge in [0.25, 0.3) is 5.22 Å². The van der Waals surface area contributed by atoms with Crippen molar-refractivity contribution >= 4 is 34.9 Å². The number of benzene rings is 3. The Balaban J connectivity index is 1.45. The van der Waals surface area contributed by atoms with Gasteiger partial charge >= 0.3 is 5.97 Å². The van der Waals surface area contributed by atoms with Gasteiger partial charge in [-0.25, -0.2) is 14.2 Å². The molecule has 1 heterocycles. The molecule has 0 aliphatic carbocycles. The second-order valence-electron chi connectivity index (χ2n) is 6.35. The van der Waals surface area contributed by atoms with Crippen molar-refractivity contribution in [1.82, 2.24) is 4.98 Å². The van der Waals surface area contributed by atoms with Crippen molar-refractivity contribution in [2.45, 2.75) is 11.8 Å². The van der Waals surface area contributed by atoms with E-state index in [1.54, 1.807) is 54.6 Å². The van der Waals surface area contributed by atoms with Crippen molar-refractivity contribution in [3.8, 4) is 5.75 Å². The highest BCUT2D eigenvalue weighted by Crippen LogP contribution is 2.30. The first-order chi connectivity index (χ1) is 14.6. The quantitative estimate of drug-likeness (QED) is 0.302. The topological polar surface area (TPSA) is 72.6 Å². The lowest BCUT2D eigenvalue weighted by Gasteiger charge is -2.07. The highest BCUT2D eigenvalue weighted by Gasteiger charge is 2.14. The molecule has 150 valence electrons. The van der Waals surface area contributed by atoms with Gasteiger partial charge in [-0.2, -0.15) is 0 Å². The monoisotopic (exact) mass is 421 g/mol. The fourth-order valence-electron chi connectivity index (χ4n) is 2.68. The van der Waals surface area contributed by atoms with Crippen LogP contribution in [0.2, 0.25) is 0 Å². The van der Waals surface area contributed by atoms with E-state index in [4.69, 9.17) is 9.15 Å². The fraction of sp³-hybridized carbons (Fsp3) is 0.0435. The predicted octanol–water partition coefficient (Wildman–Crippen LogP) is 5.76. The number of carboxylic acid groups (broad SMARTS) is 1. The number of oxazole rings is 1. The standard InChI is InChI=1S/C23H16FNO4S/c24-17-9-5-16(6-10-17)14-28-18-11-7-15(8-12-18)13-21(22(26)27)30-23-25-19-3-1-2-4-20(19)29-23/h1-13H,14H2,(H,26,27)/b21-13-. The molecule has 0 aliphatic heterocycles. The third-order valence-corrected chi connectivity index (χ3v) is 5.04. The van der Waals surface area contributed by atoms with Crippen LogP contribution < -0.4 is 4.74 Å². The normalized spacial score (nSPS) is 11.6. The summed E-state index contributed by atoms with van der Waals surface area (Å²) in [5.41, 5.74) is 2.83. The van der Waals surface area contributed by atoms with Gasteiger partial charge in [0.15, 0.2) is 5.58 Å². The lowest BCUT2D eigenvalue weighted by atomic mass is 10.2. The fourth-order valence-corrected chi connectivity index (χ4v) is 3.43. The van der Waals surface area contributed by atoms with Crippen LogP contribution >= 0.6 is 11.8 Å². The summed E-state index contributed by atoms with van der Waals surface area (Å²) in [5.74, 6) is -0.737. The maximum atomic E-state index is 12.9. The van der Waals surface area contributed by atoms with Gasteiger partial charge in [0.2, 0.25) is 0 Å². The summed E-state index contributed by atoms with van der Waals surface area (Å²) in [6, 6.07) is 20.4. The minimum atomic E-state index is -1.07. The second kappa shape index (κ2) is 8.84. The Hall–Kier alpha value is -3.58. The maximum absolute atomic E-state index is 12.9. The molecule has 0 spiro atoms. The molecular weight excluding hydrogens is 405 g/mol. The molecule has 0 amide bonds. The average molecular weight is 421 g/mol. The molecule has 0 saturated carbocycles. The van der Waals surface area contributed by atoms with Crippen molar-refractivity contribution in [1.29, 1.82) is 0 Å².